The maximum absolute atomic E-state index is 12.7. The van der Waals surface area contributed by atoms with E-state index in [4.69, 9.17) is 32.6 Å². The Morgan fingerprint density at radius 2 is 1.63 bits per heavy atom. The molecule has 2 nitrogen and oxygen atoms in total. The van der Waals surface area contributed by atoms with Crippen LogP contribution in [0.1, 0.15) is 24.8 Å². The van der Waals surface area contributed by atoms with Gasteiger partial charge in [0.1, 0.15) is 5.82 Å². The molecule has 9 heteroatoms. The van der Waals surface area contributed by atoms with Crippen molar-refractivity contribution in [3.05, 3.63) is 35.6 Å². The zero-order valence-corrected chi connectivity index (χ0v) is 9.60. The lowest BCUT2D eigenvalue weighted by atomic mass is 9.98. The molecule has 0 radical (unpaired) electrons. The van der Waals surface area contributed by atoms with Crippen LogP contribution in [0.15, 0.2) is 24.3 Å². The highest BCUT2D eigenvalue weighted by Gasteiger charge is 2.09. The van der Waals surface area contributed by atoms with Gasteiger partial charge in [0.25, 0.3) is 0 Å². The fourth-order valence-electron chi connectivity index (χ4n) is 1.19. The smallest absolute Gasteiger partial charge is 0.303 e. The van der Waals surface area contributed by atoms with Crippen LogP contribution in [0.3, 0.4) is 0 Å². The maximum Gasteiger partial charge on any atom is 0.303 e. The minimum Gasteiger partial charge on any atom is -0.481 e. The van der Waals surface area contributed by atoms with E-state index in [1.54, 1.807) is 19.1 Å². The summed E-state index contributed by atoms with van der Waals surface area (Å²) in [5.41, 5.74) is 0.724. The first-order chi connectivity index (χ1) is 9.09. The third-order valence-electron chi connectivity index (χ3n) is 1.90. The topological polar surface area (TPSA) is 37.3 Å². The second-order valence-electron chi connectivity index (χ2n) is 3.05. The number of carboxylic acids is 1. The lowest BCUT2D eigenvalue weighted by Crippen LogP contribution is -2.02. The highest BCUT2D eigenvalue weighted by Crippen LogP contribution is 2.19. The van der Waals surface area contributed by atoms with E-state index in [1.807, 2.05) is 0 Å². The van der Waals surface area contributed by atoms with Gasteiger partial charge in [0.2, 0.25) is 0 Å². The van der Waals surface area contributed by atoms with Gasteiger partial charge < -0.3 is 5.11 Å². The highest BCUT2D eigenvalue weighted by atomic mass is 20.0. The molecule has 0 aliphatic rings. The third-order valence-corrected chi connectivity index (χ3v) is 1.90. The number of carbonyl (C=O) groups is 1. The predicted molar refractivity (Wildman–Crippen MR) is 53.7 cm³/mol. The van der Waals surface area contributed by atoms with Crippen molar-refractivity contribution in [3.8, 4) is 0 Å². The van der Waals surface area contributed by atoms with E-state index in [9.17, 15) is 9.18 Å². The van der Waals surface area contributed by atoms with Crippen molar-refractivity contribution in [3.63, 3.8) is 0 Å². The van der Waals surface area contributed by atoms with Crippen molar-refractivity contribution in [2.75, 3.05) is 0 Å². The van der Waals surface area contributed by atoms with E-state index in [2.05, 4.69) is 0 Å². The largest absolute Gasteiger partial charge is 0.481 e. The molecule has 0 saturated carbocycles. The van der Waals surface area contributed by atoms with Crippen molar-refractivity contribution < 1.29 is 41.7 Å². The van der Waals surface area contributed by atoms with Crippen LogP contribution in [0.2, 0.25) is 0 Å². The minimum absolute atomic E-state index is 0.0312. The van der Waals surface area contributed by atoms with Crippen LogP contribution in [0, 0.1) is 5.82 Å². The Morgan fingerprint density at radius 3 is 2.00 bits per heavy atom. The number of hydrogen-bond acceptors (Lipinski definition) is 1. The Labute approximate surface area is 104 Å². The summed E-state index contributed by atoms with van der Waals surface area (Å²) in [6.07, 6.45) is 0.0312. The van der Waals surface area contributed by atoms with Gasteiger partial charge in [-0.3, -0.25) is 4.79 Å². The van der Waals surface area contributed by atoms with Crippen LogP contribution in [0.4, 0.5) is 31.8 Å². The van der Waals surface area contributed by atoms with Gasteiger partial charge >= 0.3 is 5.97 Å². The highest BCUT2D eigenvalue weighted by molar-refractivity contribution is 5.67. The molecule has 0 saturated heterocycles. The fraction of sp³-hybridized carbons (Fsp3) is 0.300. The molecule has 0 fully saturated rings. The zero-order chi connectivity index (χ0) is 15.8. The van der Waals surface area contributed by atoms with Crippen LogP contribution < -0.4 is 0 Å². The van der Waals surface area contributed by atoms with Gasteiger partial charge in [-0.05, 0) is 23.6 Å². The van der Waals surface area contributed by atoms with Gasteiger partial charge in [0, 0.05) is 27.4 Å². The van der Waals surface area contributed by atoms with Gasteiger partial charge in [-0.1, -0.05) is 19.1 Å². The van der Waals surface area contributed by atoms with E-state index in [0.717, 1.165) is 5.56 Å². The average molecular weight is 296 g/mol. The standard InChI is InChI=1S/C10H11FO2.3F2/c1-7(5-10(12)13)8-3-2-4-9(11)6-8;3*1-2/h2-4,6-7H,5H2,1H3,(H,12,13);;;. The van der Waals surface area contributed by atoms with Crippen LogP contribution in [-0.4, -0.2) is 11.1 Å². The lowest BCUT2D eigenvalue weighted by molar-refractivity contribution is -0.137. The predicted octanol–water partition coefficient (Wildman–Crippen LogP) is 4.93. The number of halogens is 7. The Balaban J connectivity index is -0.000000375. The van der Waals surface area contributed by atoms with Crippen LogP contribution in [0.5, 0.6) is 0 Å². The van der Waals surface area contributed by atoms with Crippen molar-refractivity contribution in [1.82, 2.24) is 0 Å². The summed E-state index contributed by atoms with van der Waals surface area (Å²) < 4.78 is 60.7. The molecule has 0 amide bonds. The van der Waals surface area contributed by atoms with E-state index in [-0.39, 0.29) is 18.2 Å². The number of benzene rings is 1. The second kappa shape index (κ2) is 16.2. The molecule has 1 rings (SSSR count). The van der Waals surface area contributed by atoms with Gasteiger partial charge in [0.05, 0.1) is 6.42 Å². The molecule has 0 heterocycles. The van der Waals surface area contributed by atoms with Crippen molar-refractivity contribution >= 4 is 5.97 Å². The number of rotatable bonds is 3. The monoisotopic (exact) mass is 296 g/mol. The Kier molecular flexibility index (Phi) is 19.1. The van der Waals surface area contributed by atoms with Crippen LogP contribution >= 0.6 is 0 Å². The van der Waals surface area contributed by atoms with E-state index >= 15 is 0 Å². The van der Waals surface area contributed by atoms with Gasteiger partial charge in [0.15, 0.2) is 0 Å². The van der Waals surface area contributed by atoms with Gasteiger partial charge in [-0.2, -0.15) is 0 Å². The van der Waals surface area contributed by atoms with Crippen LogP contribution in [-0.2, 0) is 4.79 Å². The average Bonchev–Trinajstić information content (AvgIpc) is 2.45. The summed E-state index contributed by atoms with van der Waals surface area (Å²) in [4.78, 5) is 10.4. The number of aliphatic carboxylic acids is 1. The maximum atomic E-state index is 12.7. The molecular weight excluding hydrogens is 285 g/mol. The van der Waals surface area contributed by atoms with Crippen molar-refractivity contribution in [2.45, 2.75) is 19.3 Å². The minimum atomic E-state index is -0.864. The molecule has 1 aromatic carbocycles. The van der Waals surface area contributed by atoms with Gasteiger partial charge in [-0.15, -0.1) is 0 Å². The molecule has 0 aliphatic carbocycles. The summed E-state index contributed by atoms with van der Waals surface area (Å²) in [7, 11) is 0. The summed E-state index contributed by atoms with van der Waals surface area (Å²) in [6.45, 7) is 1.77. The summed E-state index contributed by atoms with van der Waals surface area (Å²) in [5.74, 6) is -1.33. The summed E-state index contributed by atoms with van der Waals surface area (Å²) >= 11 is 0. The Bertz CT molecular complexity index is 323. The van der Waals surface area contributed by atoms with Crippen molar-refractivity contribution in [1.29, 1.82) is 0 Å². The third kappa shape index (κ3) is 12.4. The molecule has 0 bridgehead atoms. The first kappa shape index (κ1) is 22.4. The van der Waals surface area contributed by atoms with Crippen LogP contribution in [0.25, 0.3) is 0 Å². The molecule has 19 heavy (non-hydrogen) atoms. The fourth-order valence-corrected chi connectivity index (χ4v) is 1.19. The lowest BCUT2D eigenvalue weighted by Gasteiger charge is -2.08. The molecule has 0 spiro atoms. The molecule has 1 unspecified atom stereocenters. The molecule has 0 aromatic heterocycles. The quantitative estimate of drug-likeness (QED) is 0.803. The molecular formula is C10H11F7O2. The zero-order valence-electron chi connectivity index (χ0n) is 9.60. The first-order valence-electron chi connectivity index (χ1n) is 4.49. The van der Waals surface area contributed by atoms with Gasteiger partial charge in [-0.25, -0.2) is 4.39 Å². The second-order valence-corrected chi connectivity index (χ2v) is 3.05. The first-order valence-corrected chi connectivity index (χ1v) is 4.49. The SMILES string of the molecule is CC(CC(=O)O)c1cccc(F)c1.FF.FF.FF. The molecule has 112 valence electrons. The Morgan fingerprint density at radius 1 is 1.16 bits per heavy atom. The van der Waals surface area contributed by atoms with Crippen molar-refractivity contribution in [2.24, 2.45) is 0 Å². The summed E-state index contributed by atoms with van der Waals surface area (Å²) in [5, 5.41) is 8.52. The molecule has 0 aliphatic heterocycles. The molecule has 1 atom stereocenters. The summed E-state index contributed by atoms with van der Waals surface area (Å²) in [6, 6.07) is 6.03. The van der Waals surface area contributed by atoms with E-state index in [1.165, 1.54) is 12.1 Å². The van der Waals surface area contributed by atoms with E-state index in [0.29, 0.717) is 0 Å². The Hall–Kier alpha value is -1.80. The molecule has 1 N–H and O–H groups in total. The van der Waals surface area contributed by atoms with E-state index < -0.39 is 5.97 Å². The normalized spacial score (nSPS) is 9.47. The molecule has 1 aromatic rings. The number of carboxylic acid groups (broad SMARTS) is 1. The number of hydrogen-bond donors (Lipinski definition) is 1.